The molecule has 19 heavy (non-hydrogen) atoms. The van der Waals surface area contributed by atoms with Crippen molar-refractivity contribution in [2.24, 2.45) is 5.41 Å². The van der Waals surface area contributed by atoms with Crippen LogP contribution in [0, 0.1) is 5.41 Å². The van der Waals surface area contributed by atoms with Crippen LogP contribution in [-0.4, -0.2) is 17.1 Å². The van der Waals surface area contributed by atoms with Crippen molar-refractivity contribution >= 4 is 17.5 Å². The molecule has 0 aliphatic rings. The Morgan fingerprint density at radius 1 is 1.21 bits per heavy atom. The number of halogens is 1. The molecule has 0 heterocycles. The van der Waals surface area contributed by atoms with Crippen LogP contribution in [0.2, 0.25) is 5.02 Å². The number of benzene rings is 1. The zero-order valence-electron chi connectivity index (χ0n) is 12.1. The van der Waals surface area contributed by atoms with E-state index in [0.717, 1.165) is 0 Å². The molecular formula is C15H22ClNO2. The van der Waals surface area contributed by atoms with Crippen molar-refractivity contribution < 1.29 is 9.90 Å². The fourth-order valence-corrected chi connectivity index (χ4v) is 1.92. The summed E-state index contributed by atoms with van der Waals surface area (Å²) in [5.41, 5.74) is -1.57. The first kappa shape index (κ1) is 16.0. The molecule has 0 aliphatic heterocycles. The summed E-state index contributed by atoms with van der Waals surface area (Å²) >= 11 is 5.85. The van der Waals surface area contributed by atoms with Crippen molar-refractivity contribution in [3.05, 3.63) is 34.9 Å². The predicted molar refractivity (Wildman–Crippen MR) is 78.1 cm³/mol. The minimum Gasteiger partial charge on any atom is -0.384 e. The van der Waals surface area contributed by atoms with Crippen LogP contribution in [0.5, 0.6) is 0 Å². The molecule has 0 fully saturated rings. The first-order valence-electron chi connectivity index (χ1n) is 6.38. The van der Waals surface area contributed by atoms with Gasteiger partial charge in [0.05, 0.1) is 5.41 Å². The third kappa shape index (κ3) is 3.28. The van der Waals surface area contributed by atoms with E-state index in [9.17, 15) is 9.90 Å². The van der Waals surface area contributed by atoms with Crippen LogP contribution >= 0.6 is 11.6 Å². The van der Waals surface area contributed by atoms with E-state index in [-0.39, 0.29) is 11.9 Å². The number of carbonyl (C=O) groups excluding carboxylic acids is 1. The first-order chi connectivity index (χ1) is 8.59. The number of nitrogens with one attached hydrogen (secondary N) is 1. The standard InChI is InChI=1S/C15H22ClNO2/c1-10(2)17-13(18)14(3,4)15(5,19)11-6-8-12(16)9-7-11/h6-10,19H,1-5H3,(H,17,18). The highest BCUT2D eigenvalue weighted by Crippen LogP contribution is 2.39. The number of carbonyl (C=O) groups is 1. The second-order valence-electron chi connectivity index (χ2n) is 5.83. The van der Waals surface area contributed by atoms with E-state index >= 15 is 0 Å². The largest absolute Gasteiger partial charge is 0.384 e. The molecule has 2 N–H and O–H groups in total. The monoisotopic (exact) mass is 283 g/mol. The maximum Gasteiger partial charge on any atom is 0.229 e. The van der Waals surface area contributed by atoms with E-state index in [1.54, 1.807) is 45.0 Å². The molecule has 1 atom stereocenters. The van der Waals surface area contributed by atoms with Crippen molar-refractivity contribution in [3.63, 3.8) is 0 Å². The highest BCUT2D eigenvalue weighted by molar-refractivity contribution is 6.30. The van der Waals surface area contributed by atoms with Gasteiger partial charge in [-0.1, -0.05) is 23.7 Å². The van der Waals surface area contributed by atoms with Crippen molar-refractivity contribution in [1.29, 1.82) is 0 Å². The van der Waals surface area contributed by atoms with E-state index in [4.69, 9.17) is 11.6 Å². The second kappa shape index (κ2) is 5.51. The van der Waals surface area contributed by atoms with Gasteiger partial charge in [0, 0.05) is 11.1 Å². The van der Waals surface area contributed by atoms with Crippen LogP contribution in [0.3, 0.4) is 0 Å². The second-order valence-corrected chi connectivity index (χ2v) is 6.27. The highest BCUT2D eigenvalue weighted by atomic mass is 35.5. The Balaban J connectivity index is 3.09. The molecule has 1 amide bonds. The van der Waals surface area contributed by atoms with Crippen molar-refractivity contribution in [1.82, 2.24) is 5.32 Å². The van der Waals surface area contributed by atoms with Gasteiger partial charge in [0.1, 0.15) is 5.60 Å². The number of rotatable bonds is 4. The molecule has 3 nitrogen and oxygen atoms in total. The molecule has 4 heteroatoms. The Bertz CT molecular complexity index is 450. The maximum absolute atomic E-state index is 12.3. The zero-order valence-corrected chi connectivity index (χ0v) is 12.9. The molecule has 0 spiro atoms. The van der Waals surface area contributed by atoms with Crippen molar-refractivity contribution in [2.75, 3.05) is 0 Å². The number of amides is 1. The van der Waals surface area contributed by atoms with Gasteiger partial charge in [-0.15, -0.1) is 0 Å². The maximum atomic E-state index is 12.3. The van der Waals surface area contributed by atoms with E-state index in [2.05, 4.69) is 5.32 Å². The average molecular weight is 284 g/mol. The van der Waals surface area contributed by atoms with Crippen LogP contribution in [0.15, 0.2) is 24.3 Å². The topological polar surface area (TPSA) is 49.3 Å². The van der Waals surface area contributed by atoms with Crippen LogP contribution in [-0.2, 0) is 10.4 Å². The van der Waals surface area contributed by atoms with Gasteiger partial charge in [-0.3, -0.25) is 4.79 Å². The van der Waals surface area contributed by atoms with Gasteiger partial charge < -0.3 is 10.4 Å². The molecule has 106 valence electrons. The van der Waals surface area contributed by atoms with Gasteiger partial charge in [0.25, 0.3) is 0 Å². The molecular weight excluding hydrogens is 262 g/mol. The zero-order chi connectivity index (χ0) is 14.8. The lowest BCUT2D eigenvalue weighted by atomic mass is 9.71. The SMILES string of the molecule is CC(C)NC(=O)C(C)(C)C(C)(O)c1ccc(Cl)cc1. The van der Waals surface area contributed by atoms with Crippen molar-refractivity contribution in [2.45, 2.75) is 46.3 Å². The fraction of sp³-hybridized carbons (Fsp3) is 0.533. The lowest BCUT2D eigenvalue weighted by Crippen LogP contribution is -2.51. The molecule has 0 radical (unpaired) electrons. The van der Waals surface area contributed by atoms with Crippen LogP contribution < -0.4 is 5.32 Å². The highest BCUT2D eigenvalue weighted by Gasteiger charge is 2.46. The normalized spacial score (nSPS) is 15.2. The van der Waals surface area contributed by atoms with Crippen LogP contribution in [0.25, 0.3) is 0 Å². The molecule has 0 aromatic heterocycles. The van der Waals surface area contributed by atoms with Gasteiger partial charge >= 0.3 is 0 Å². The van der Waals surface area contributed by atoms with E-state index in [1.807, 2.05) is 13.8 Å². The molecule has 0 saturated carbocycles. The Labute approximate surface area is 120 Å². The molecule has 1 aromatic carbocycles. The van der Waals surface area contributed by atoms with Gasteiger partial charge in [-0.25, -0.2) is 0 Å². The molecule has 1 aromatic rings. The summed E-state index contributed by atoms with van der Waals surface area (Å²) in [6.07, 6.45) is 0. The van der Waals surface area contributed by atoms with Crippen molar-refractivity contribution in [3.8, 4) is 0 Å². The molecule has 1 rings (SSSR count). The smallest absolute Gasteiger partial charge is 0.229 e. The van der Waals surface area contributed by atoms with E-state index in [1.165, 1.54) is 0 Å². The number of hydrogen-bond acceptors (Lipinski definition) is 2. The Kier molecular flexibility index (Phi) is 4.64. The predicted octanol–water partition coefficient (Wildman–Crippen LogP) is 3.10. The number of hydrogen-bond donors (Lipinski definition) is 2. The summed E-state index contributed by atoms with van der Waals surface area (Å²) in [5.74, 6) is -0.178. The minimum atomic E-state index is -1.28. The summed E-state index contributed by atoms with van der Waals surface area (Å²) in [6.45, 7) is 8.91. The Morgan fingerprint density at radius 3 is 2.11 bits per heavy atom. The summed E-state index contributed by atoms with van der Waals surface area (Å²) in [5, 5.41) is 14.2. The lowest BCUT2D eigenvalue weighted by molar-refractivity contribution is -0.146. The summed E-state index contributed by atoms with van der Waals surface area (Å²) in [6, 6.07) is 6.94. The van der Waals surface area contributed by atoms with E-state index in [0.29, 0.717) is 10.6 Å². The van der Waals surface area contributed by atoms with Crippen LogP contribution in [0.4, 0.5) is 0 Å². The fourth-order valence-electron chi connectivity index (χ4n) is 1.80. The van der Waals surface area contributed by atoms with Crippen LogP contribution in [0.1, 0.15) is 40.2 Å². The van der Waals surface area contributed by atoms with Gasteiger partial charge in [0.15, 0.2) is 0 Å². The molecule has 0 aliphatic carbocycles. The molecule has 0 bridgehead atoms. The number of aliphatic hydroxyl groups is 1. The van der Waals surface area contributed by atoms with Gasteiger partial charge in [-0.05, 0) is 52.3 Å². The molecule has 0 saturated heterocycles. The Morgan fingerprint density at radius 2 is 1.68 bits per heavy atom. The van der Waals surface area contributed by atoms with Gasteiger partial charge in [0.2, 0.25) is 5.91 Å². The van der Waals surface area contributed by atoms with Gasteiger partial charge in [-0.2, -0.15) is 0 Å². The summed E-state index contributed by atoms with van der Waals surface area (Å²) < 4.78 is 0. The Hall–Kier alpha value is -1.06. The minimum absolute atomic E-state index is 0.0350. The third-order valence-corrected chi connectivity index (χ3v) is 3.86. The average Bonchev–Trinajstić information content (AvgIpc) is 2.28. The summed E-state index contributed by atoms with van der Waals surface area (Å²) in [7, 11) is 0. The third-order valence-electron chi connectivity index (χ3n) is 3.61. The van der Waals surface area contributed by atoms with E-state index < -0.39 is 11.0 Å². The first-order valence-corrected chi connectivity index (χ1v) is 6.76. The lowest BCUT2D eigenvalue weighted by Gasteiger charge is -2.39. The molecule has 1 unspecified atom stereocenters. The quantitative estimate of drug-likeness (QED) is 0.892. The summed E-state index contributed by atoms with van der Waals surface area (Å²) in [4.78, 5) is 12.3.